The van der Waals surface area contributed by atoms with Crippen molar-refractivity contribution in [2.75, 3.05) is 19.7 Å². The second-order valence-electron chi connectivity index (χ2n) is 7.42. The number of carbonyl (C=O) groups is 1. The fraction of sp³-hybridized carbons (Fsp3) is 0.500. The molecule has 8 nitrogen and oxygen atoms in total. The average molecular weight is 422 g/mol. The number of hydrogen-bond donors (Lipinski definition) is 1. The molecule has 9 heteroatoms. The van der Waals surface area contributed by atoms with E-state index in [-0.39, 0.29) is 29.2 Å². The number of aryl methyl sites for hydroxylation is 3. The minimum atomic E-state index is -3.71. The lowest BCUT2D eigenvalue weighted by Gasteiger charge is -2.32. The molecule has 1 aromatic heterocycles. The van der Waals surface area contributed by atoms with Gasteiger partial charge < -0.3 is 14.2 Å². The third kappa shape index (κ3) is 4.79. The van der Waals surface area contributed by atoms with Crippen LogP contribution in [-0.4, -0.2) is 50.1 Å². The Morgan fingerprint density at radius 3 is 2.55 bits per heavy atom. The van der Waals surface area contributed by atoms with Gasteiger partial charge in [0, 0.05) is 19.1 Å². The molecule has 1 fully saturated rings. The minimum Gasteiger partial charge on any atom is -0.483 e. The van der Waals surface area contributed by atoms with Crippen LogP contribution in [0.5, 0.6) is 5.75 Å². The molecule has 1 aromatic carbocycles. The molecule has 0 spiro atoms. The predicted molar refractivity (Wildman–Crippen MR) is 107 cm³/mol. The molecule has 158 valence electrons. The summed E-state index contributed by atoms with van der Waals surface area (Å²) >= 11 is 0. The molecule has 1 saturated heterocycles. The monoisotopic (exact) mass is 421 g/mol. The SMILES string of the molecule is Cc1cccc(OCC(=O)N2CCC(NS(=O)(=O)c3c(C)noc3C)CC2)c1C. The van der Waals surface area contributed by atoms with Gasteiger partial charge in [0.25, 0.3) is 5.91 Å². The Bertz CT molecular complexity index is 972. The number of nitrogens with one attached hydrogen (secondary N) is 1. The van der Waals surface area contributed by atoms with Crippen molar-refractivity contribution in [1.82, 2.24) is 14.8 Å². The number of amides is 1. The second-order valence-corrected chi connectivity index (χ2v) is 9.07. The minimum absolute atomic E-state index is 0.0280. The number of carbonyl (C=O) groups excluding carboxylic acids is 1. The zero-order valence-corrected chi connectivity index (χ0v) is 18.0. The van der Waals surface area contributed by atoms with Gasteiger partial charge in [0.1, 0.15) is 16.3 Å². The van der Waals surface area contributed by atoms with Gasteiger partial charge in [-0.25, -0.2) is 13.1 Å². The highest BCUT2D eigenvalue weighted by Crippen LogP contribution is 2.22. The summed E-state index contributed by atoms with van der Waals surface area (Å²) < 4.78 is 38.6. The van der Waals surface area contributed by atoms with Gasteiger partial charge in [-0.15, -0.1) is 0 Å². The molecule has 0 bridgehead atoms. The molecule has 0 atom stereocenters. The van der Waals surface area contributed by atoms with E-state index in [4.69, 9.17) is 9.26 Å². The molecule has 0 radical (unpaired) electrons. The van der Waals surface area contributed by atoms with Gasteiger partial charge in [-0.05, 0) is 57.7 Å². The molecular formula is C20H27N3O5S. The predicted octanol–water partition coefficient (Wildman–Crippen LogP) is 2.26. The fourth-order valence-electron chi connectivity index (χ4n) is 3.49. The van der Waals surface area contributed by atoms with Crippen LogP contribution < -0.4 is 9.46 Å². The van der Waals surface area contributed by atoms with Crippen molar-refractivity contribution in [2.24, 2.45) is 0 Å². The van der Waals surface area contributed by atoms with Crippen molar-refractivity contribution >= 4 is 15.9 Å². The number of aromatic nitrogens is 1. The topological polar surface area (TPSA) is 102 Å². The van der Waals surface area contributed by atoms with Crippen molar-refractivity contribution in [3.63, 3.8) is 0 Å². The number of rotatable bonds is 6. The number of piperidine rings is 1. The summed E-state index contributed by atoms with van der Waals surface area (Å²) in [6, 6.07) is 5.51. The van der Waals surface area contributed by atoms with Crippen LogP contribution in [0.3, 0.4) is 0 Å². The normalized spacial score (nSPS) is 15.5. The lowest BCUT2D eigenvalue weighted by atomic mass is 10.1. The van der Waals surface area contributed by atoms with E-state index in [0.717, 1.165) is 11.1 Å². The summed E-state index contributed by atoms with van der Waals surface area (Å²) in [5, 5.41) is 3.71. The summed E-state index contributed by atoms with van der Waals surface area (Å²) in [4.78, 5) is 14.3. The number of ether oxygens (including phenoxy) is 1. The first-order valence-electron chi connectivity index (χ1n) is 9.61. The lowest BCUT2D eigenvalue weighted by Crippen LogP contribution is -2.47. The Morgan fingerprint density at radius 2 is 1.93 bits per heavy atom. The average Bonchev–Trinajstić information content (AvgIpc) is 3.02. The van der Waals surface area contributed by atoms with Gasteiger partial charge in [-0.1, -0.05) is 17.3 Å². The molecule has 0 saturated carbocycles. The Labute approximate surface area is 171 Å². The highest BCUT2D eigenvalue weighted by molar-refractivity contribution is 7.89. The van der Waals surface area contributed by atoms with E-state index in [1.807, 2.05) is 32.0 Å². The molecule has 1 aliphatic heterocycles. The lowest BCUT2D eigenvalue weighted by molar-refractivity contribution is -0.134. The van der Waals surface area contributed by atoms with E-state index in [9.17, 15) is 13.2 Å². The van der Waals surface area contributed by atoms with Crippen LogP contribution in [0.15, 0.2) is 27.6 Å². The standard InChI is InChI=1S/C20H27N3O5S/c1-13-6-5-7-18(14(13)2)27-12-19(24)23-10-8-17(9-11-23)22-29(25,26)20-15(3)21-28-16(20)4/h5-7,17,22H,8-12H2,1-4H3. The highest BCUT2D eigenvalue weighted by Gasteiger charge is 2.30. The zero-order chi connectivity index (χ0) is 21.2. The van der Waals surface area contributed by atoms with E-state index in [1.165, 1.54) is 0 Å². The summed E-state index contributed by atoms with van der Waals surface area (Å²) in [5.74, 6) is 0.879. The Morgan fingerprint density at radius 1 is 1.24 bits per heavy atom. The third-order valence-corrected chi connectivity index (χ3v) is 7.08. The summed E-state index contributed by atoms with van der Waals surface area (Å²) in [5.41, 5.74) is 2.47. The molecule has 2 heterocycles. The van der Waals surface area contributed by atoms with Crippen LogP contribution in [-0.2, 0) is 14.8 Å². The number of likely N-dealkylation sites (tertiary alicyclic amines) is 1. The maximum atomic E-state index is 12.6. The number of hydrogen-bond acceptors (Lipinski definition) is 6. The summed E-state index contributed by atoms with van der Waals surface area (Å²) in [6.45, 7) is 8.06. The summed E-state index contributed by atoms with van der Waals surface area (Å²) in [6.07, 6.45) is 1.08. The van der Waals surface area contributed by atoms with E-state index in [0.29, 0.717) is 37.4 Å². The van der Waals surface area contributed by atoms with Crippen molar-refractivity contribution < 1.29 is 22.5 Å². The number of nitrogens with zero attached hydrogens (tertiary/aromatic N) is 2. The number of sulfonamides is 1. The zero-order valence-electron chi connectivity index (χ0n) is 17.2. The van der Waals surface area contributed by atoms with Crippen molar-refractivity contribution in [1.29, 1.82) is 0 Å². The molecule has 29 heavy (non-hydrogen) atoms. The maximum absolute atomic E-state index is 12.6. The van der Waals surface area contributed by atoms with Crippen LogP contribution in [0, 0.1) is 27.7 Å². The van der Waals surface area contributed by atoms with Crippen molar-refractivity contribution in [3.8, 4) is 5.75 Å². The van der Waals surface area contributed by atoms with Crippen LogP contribution >= 0.6 is 0 Å². The van der Waals surface area contributed by atoms with E-state index in [2.05, 4.69) is 9.88 Å². The second kappa shape index (κ2) is 8.54. The molecular weight excluding hydrogens is 394 g/mol. The molecule has 1 amide bonds. The smallest absolute Gasteiger partial charge is 0.260 e. The number of benzene rings is 1. The first kappa shape index (κ1) is 21.3. The van der Waals surface area contributed by atoms with E-state index < -0.39 is 10.0 Å². The molecule has 1 N–H and O–H groups in total. The van der Waals surface area contributed by atoms with Gasteiger partial charge in [-0.2, -0.15) is 0 Å². The van der Waals surface area contributed by atoms with Gasteiger partial charge in [0.2, 0.25) is 10.0 Å². The van der Waals surface area contributed by atoms with Gasteiger partial charge in [-0.3, -0.25) is 4.79 Å². The van der Waals surface area contributed by atoms with Gasteiger partial charge in [0.15, 0.2) is 12.4 Å². The molecule has 1 aliphatic rings. The van der Waals surface area contributed by atoms with E-state index >= 15 is 0 Å². The van der Waals surface area contributed by atoms with E-state index in [1.54, 1.807) is 18.7 Å². The Balaban J connectivity index is 1.52. The first-order chi connectivity index (χ1) is 13.7. The fourth-order valence-corrected chi connectivity index (χ4v) is 5.13. The quantitative estimate of drug-likeness (QED) is 0.768. The van der Waals surface area contributed by atoms with Crippen LogP contribution in [0.4, 0.5) is 0 Å². The van der Waals surface area contributed by atoms with Crippen LogP contribution in [0.25, 0.3) is 0 Å². The van der Waals surface area contributed by atoms with Crippen molar-refractivity contribution in [2.45, 2.75) is 51.5 Å². The van der Waals surface area contributed by atoms with Gasteiger partial charge in [0.05, 0.1) is 0 Å². The molecule has 2 aromatic rings. The Hall–Kier alpha value is -2.39. The van der Waals surface area contributed by atoms with Crippen LogP contribution in [0.2, 0.25) is 0 Å². The largest absolute Gasteiger partial charge is 0.483 e. The first-order valence-corrected chi connectivity index (χ1v) is 11.1. The van der Waals surface area contributed by atoms with Crippen molar-refractivity contribution in [3.05, 3.63) is 40.8 Å². The van der Waals surface area contributed by atoms with Gasteiger partial charge >= 0.3 is 0 Å². The molecule has 0 unspecified atom stereocenters. The Kier molecular flexibility index (Phi) is 6.28. The maximum Gasteiger partial charge on any atom is 0.260 e. The third-order valence-electron chi connectivity index (χ3n) is 5.31. The molecule has 0 aliphatic carbocycles. The highest BCUT2D eigenvalue weighted by atomic mass is 32.2. The van der Waals surface area contributed by atoms with Crippen LogP contribution in [0.1, 0.15) is 35.4 Å². The summed E-state index contributed by atoms with van der Waals surface area (Å²) in [7, 11) is -3.71. The molecule has 3 rings (SSSR count).